The lowest BCUT2D eigenvalue weighted by molar-refractivity contribution is 0.131. The Balaban J connectivity index is 2.98. The summed E-state index contributed by atoms with van der Waals surface area (Å²) >= 11 is 0. The summed E-state index contributed by atoms with van der Waals surface area (Å²) in [5.74, 6) is 0. The molecule has 114 valence electrons. The average Bonchev–Trinajstić information content (AvgIpc) is 2.38. The highest BCUT2D eigenvalue weighted by Gasteiger charge is 2.23. The Morgan fingerprint density at radius 2 is 1.80 bits per heavy atom. The van der Waals surface area contributed by atoms with Crippen LogP contribution < -0.4 is 5.73 Å². The molecule has 3 nitrogen and oxygen atoms in total. The standard InChI is InChI=1S/C17H31N3/c1-7-20(15(4)12-19(5)6)17(11-18)16-9-8-13(2)14(3)10-16/h8-10,15,17H,7,11-12,18H2,1-6H3. The van der Waals surface area contributed by atoms with E-state index < -0.39 is 0 Å². The minimum atomic E-state index is 0.300. The molecule has 0 bridgehead atoms. The predicted octanol–water partition coefficient (Wildman–Crippen LogP) is 2.58. The van der Waals surface area contributed by atoms with E-state index in [0.717, 1.165) is 13.1 Å². The van der Waals surface area contributed by atoms with Gasteiger partial charge in [-0.05, 0) is 58.1 Å². The third kappa shape index (κ3) is 4.30. The quantitative estimate of drug-likeness (QED) is 0.831. The van der Waals surface area contributed by atoms with Crippen molar-refractivity contribution in [2.75, 3.05) is 33.7 Å². The molecule has 0 spiro atoms. The van der Waals surface area contributed by atoms with Crippen LogP contribution in [0.15, 0.2) is 18.2 Å². The normalized spacial score (nSPS) is 14.8. The average molecular weight is 277 g/mol. The molecule has 0 aliphatic carbocycles. The summed E-state index contributed by atoms with van der Waals surface area (Å²) < 4.78 is 0. The zero-order valence-corrected chi connectivity index (χ0v) is 14.0. The van der Waals surface area contributed by atoms with Gasteiger partial charge >= 0.3 is 0 Å². The molecule has 2 atom stereocenters. The molecule has 0 saturated heterocycles. The summed E-state index contributed by atoms with van der Waals surface area (Å²) in [6.45, 7) is 11.6. The summed E-state index contributed by atoms with van der Waals surface area (Å²) in [6.07, 6.45) is 0. The van der Waals surface area contributed by atoms with Gasteiger partial charge in [0.15, 0.2) is 0 Å². The van der Waals surface area contributed by atoms with E-state index in [2.05, 4.69) is 69.8 Å². The number of hydrogen-bond donors (Lipinski definition) is 1. The van der Waals surface area contributed by atoms with E-state index >= 15 is 0 Å². The molecule has 20 heavy (non-hydrogen) atoms. The van der Waals surface area contributed by atoms with Gasteiger partial charge in [0, 0.05) is 25.2 Å². The molecule has 0 saturated carbocycles. The van der Waals surface area contributed by atoms with Gasteiger partial charge in [0.05, 0.1) is 0 Å². The van der Waals surface area contributed by atoms with Crippen LogP contribution in [0.3, 0.4) is 0 Å². The van der Waals surface area contributed by atoms with Gasteiger partial charge in [-0.2, -0.15) is 0 Å². The van der Waals surface area contributed by atoms with Crippen molar-refractivity contribution in [1.29, 1.82) is 0 Å². The molecule has 2 unspecified atom stereocenters. The Hall–Kier alpha value is -0.900. The van der Waals surface area contributed by atoms with Gasteiger partial charge in [0.2, 0.25) is 0 Å². The van der Waals surface area contributed by atoms with Crippen LogP contribution in [0.4, 0.5) is 0 Å². The Morgan fingerprint density at radius 3 is 2.25 bits per heavy atom. The number of rotatable bonds is 7. The first-order chi connectivity index (χ1) is 9.40. The fourth-order valence-corrected chi connectivity index (χ4v) is 2.91. The minimum Gasteiger partial charge on any atom is -0.329 e. The topological polar surface area (TPSA) is 32.5 Å². The lowest BCUT2D eigenvalue weighted by Gasteiger charge is -2.36. The zero-order valence-electron chi connectivity index (χ0n) is 14.0. The third-order valence-electron chi connectivity index (χ3n) is 4.10. The molecule has 3 heteroatoms. The monoisotopic (exact) mass is 277 g/mol. The van der Waals surface area contributed by atoms with Crippen LogP contribution >= 0.6 is 0 Å². The first-order valence-electron chi connectivity index (χ1n) is 7.58. The first-order valence-corrected chi connectivity index (χ1v) is 7.58. The zero-order chi connectivity index (χ0) is 15.3. The van der Waals surface area contributed by atoms with E-state index in [1.807, 2.05) is 0 Å². The van der Waals surface area contributed by atoms with E-state index in [-0.39, 0.29) is 0 Å². The maximum absolute atomic E-state index is 6.08. The van der Waals surface area contributed by atoms with E-state index in [4.69, 9.17) is 5.73 Å². The van der Waals surface area contributed by atoms with Gasteiger partial charge in [-0.1, -0.05) is 25.1 Å². The largest absolute Gasteiger partial charge is 0.329 e. The highest BCUT2D eigenvalue weighted by atomic mass is 15.2. The van der Waals surface area contributed by atoms with E-state index in [1.54, 1.807) is 0 Å². The van der Waals surface area contributed by atoms with Crippen molar-refractivity contribution >= 4 is 0 Å². The highest BCUT2D eigenvalue weighted by molar-refractivity contribution is 5.32. The molecule has 0 aliphatic rings. The molecule has 0 heterocycles. The van der Waals surface area contributed by atoms with Gasteiger partial charge in [-0.15, -0.1) is 0 Å². The van der Waals surface area contributed by atoms with Crippen molar-refractivity contribution in [2.45, 2.75) is 39.8 Å². The van der Waals surface area contributed by atoms with Gasteiger partial charge in [0.1, 0.15) is 0 Å². The molecule has 1 aromatic rings. The Labute approximate surface area is 124 Å². The van der Waals surface area contributed by atoms with Crippen LogP contribution in [0.1, 0.15) is 36.6 Å². The molecular weight excluding hydrogens is 246 g/mol. The summed E-state index contributed by atoms with van der Waals surface area (Å²) in [5, 5.41) is 0. The molecule has 0 aliphatic heterocycles. The molecule has 0 radical (unpaired) electrons. The van der Waals surface area contributed by atoms with E-state index in [9.17, 15) is 0 Å². The van der Waals surface area contributed by atoms with Crippen LogP contribution in [0, 0.1) is 13.8 Å². The molecular formula is C17H31N3. The maximum atomic E-state index is 6.08. The van der Waals surface area contributed by atoms with Crippen molar-refractivity contribution in [3.8, 4) is 0 Å². The Kier molecular flexibility index (Phi) is 6.66. The second-order valence-corrected chi connectivity index (χ2v) is 6.04. The van der Waals surface area contributed by atoms with E-state index in [0.29, 0.717) is 18.6 Å². The van der Waals surface area contributed by atoms with Crippen LogP contribution in [0.25, 0.3) is 0 Å². The lowest BCUT2D eigenvalue weighted by Crippen LogP contribution is -2.44. The fourth-order valence-electron chi connectivity index (χ4n) is 2.91. The number of nitrogens with zero attached hydrogens (tertiary/aromatic N) is 2. The van der Waals surface area contributed by atoms with Crippen LogP contribution in [0.2, 0.25) is 0 Å². The first kappa shape index (κ1) is 17.2. The van der Waals surface area contributed by atoms with Crippen LogP contribution in [0.5, 0.6) is 0 Å². The minimum absolute atomic E-state index is 0.300. The molecule has 1 aromatic carbocycles. The molecule has 1 rings (SSSR count). The number of aryl methyl sites for hydroxylation is 2. The van der Waals surface area contributed by atoms with Crippen molar-refractivity contribution in [3.63, 3.8) is 0 Å². The fraction of sp³-hybridized carbons (Fsp3) is 0.647. The number of likely N-dealkylation sites (N-methyl/N-ethyl adjacent to an activating group) is 2. The summed E-state index contributed by atoms with van der Waals surface area (Å²) in [4.78, 5) is 4.74. The third-order valence-corrected chi connectivity index (χ3v) is 4.10. The maximum Gasteiger partial charge on any atom is 0.0473 e. The number of hydrogen-bond acceptors (Lipinski definition) is 3. The Bertz CT molecular complexity index is 415. The summed E-state index contributed by atoms with van der Waals surface area (Å²) in [5.41, 5.74) is 10.1. The van der Waals surface area contributed by atoms with Crippen LogP contribution in [-0.2, 0) is 0 Å². The number of nitrogens with two attached hydrogens (primary N) is 1. The molecule has 0 aromatic heterocycles. The highest BCUT2D eigenvalue weighted by Crippen LogP contribution is 2.24. The Morgan fingerprint density at radius 1 is 1.15 bits per heavy atom. The van der Waals surface area contributed by atoms with E-state index in [1.165, 1.54) is 16.7 Å². The second-order valence-electron chi connectivity index (χ2n) is 6.04. The van der Waals surface area contributed by atoms with Gasteiger partial charge in [-0.25, -0.2) is 0 Å². The number of benzene rings is 1. The van der Waals surface area contributed by atoms with Crippen molar-refractivity contribution in [2.24, 2.45) is 5.73 Å². The van der Waals surface area contributed by atoms with Crippen molar-refractivity contribution in [1.82, 2.24) is 9.80 Å². The second kappa shape index (κ2) is 7.77. The SMILES string of the molecule is CCN(C(C)CN(C)C)C(CN)c1ccc(C)c(C)c1. The molecule has 2 N–H and O–H groups in total. The summed E-state index contributed by atoms with van der Waals surface area (Å²) in [6, 6.07) is 7.51. The van der Waals surface area contributed by atoms with Crippen molar-refractivity contribution in [3.05, 3.63) is 34.9 Å². The van der Waals surface area contributed by atoms with Crippen molar-refractivity contribution < 1.29 is 0 Å². The van der Waals surface area contributed by atoms with Gasteiger partial charge in [-0.3, -0.25) is 4.90 Å². The predicted molar refractivity (Wildman–Crippen MR) is 88.1 cm³/mol. The molecule has 0 fully saturated rings. The molecule has 0 amide bonds. The smallest absolute Gasteiger partial charge is 0.0473 e. The lowest BCUT2D eigenvalue weighted by atomic mass is 9.99. The van der Waals surface area contributed by atoms with Gasteiger partial charge in [0.25, 0.3) is 0 Å². The van der Waals surface area contributed by atoms with Crippen LogP contribution in [-0.4, -0.2) is 49.6 Å². The summed E-state index contributed by atoms with van der Waals surface area (Å²) in [7, 11) is 4.25. The van der Waals surface area contributed by atoms with Gasteiger partial charge < -0.3 is 10.6 Å².